The van der Waals surface area contributed by atoms with E-state index in [-0.39, 0.29) is 6.04 Å². The summed E-state index contributed by atoms with van der Waals surface area (Å²) in [5.74, 6) is 0. The van der Waals surface area contributed by atoms with E-state index in [0.717, 1.165) is 0 Å². The van der Waals surface area contributed by atoms with Gasteiger partial charge in [0.2, 0.25) is 0 Å². The molecule has 1 nitrogen and oxygen atoms in total. The maximum absolute atomic E-state index is 6.53. The molecular weight excluding hydrogens is 250 g/mol. The zero-order valence-corrected chi connectivity index (χ0v) is 13.5. The van der Waals surface area contributed by atoms with Gasteiger partial charge in [-0.2, -0.15) is 0 Å². The van der Waals surface area contributed by atoms with Gasteiger partial charge in [0, 0.05) is 9.75 Å². The monoisotopic (exact) mass is 273 g/mol. The second-order valence-corrected chi connectivity index (χ2v) is 6.78. The van der Waals surface area contributed by atoms with Gasteiger partial charge >= 0.3 is 0 Å². The number of hydrogen-bond acceptors (Lipinski definition) is 2. The Morgan fingerprint density at radius 2 is 1.26 bits per heavy atom. The van der Waals surface area contributed by atoms with E-state index in [2.05, 4.69) is 53.7 Å². The van der Waals surface area contributed by atoms with Crippen LogP contribution >= 0.6 is 11.3 Å². The molecule has 0 saturated heterocycles. The van der Waals surface area contributed by atoms with Crippen LogP contribution in [0.3, 0.4) is 0 Å². The van der Waals surface area contributed by atoms with Crippen LogP contribution in [0.25, 0.3) is 0 Å². The summed E-state index contributed by atoms with van der Waals surface area (Å²) in [5, 5.41) is 0. The normalized spacial score (nSPS) is 12.8. The highest BCUT2D eigenvalue weighted by Gasteiger charge is 2.19. The van der Waals surface area contributed by atoms with Gasteiger partial charge in [-0.05, 0) is 87.1 Å². The number of benzene rings is 1. The zero-order valence-electron chi connectivity index (χ0n) is 12.7. The first-order valence-electron chi connectivity index (χ1n) is 6.73. The van der Waals surface area contributed by atoms with E-state index in [0.29, 0.717) is 0 Å². The second kappa shape index (κ2) is 5.10. The summed E-state index contributed by atoms with van der Waals surface area (Å²) in [7, 11) is 0. The highest BCUT2D eigenvalue weighted by molar-refractivity contribution is 7.12. The molecule has 0 fully saturated rings. The van der Waals surface area contributed by atoms with Gasteiger partial charge in [-0.25, -0.2) is 0 Å². The van der Waals surface area contributed by atoms with Crippen LogP contribution in [0.1, 0.15) is 49.2 Å². The third kappa shape index (κ3) is 2.35. The lowest BCUT2D eigenvalue weighted by Gasteiger charge is -2.22. The molecule has 0 radical (unpaired) electrons. The predicted octanol–water partition coefficient (Wildman–Crippen LogP) is 4.65. The third-order valence-electron chi connectivity index (χ3n) is 4.44. The summed E-state index contributed by atoms with van der Waals surface area (Å²) < 4.78 is 0. The van der Waals surface area contributed by atoms with E-state index in [4.69, 9.17) is 5.73 Å². The molecule has 1 aromatic heterocycles. The number of nitrogens with two attached hydrogens (primary N) is 1. The molecule has 1 atom stereocenters. The van der Waals surface area contributed by atoms with Gasteiger partial charge in [0.25, 0.3) is 0 Å². The van der Waals surface area contributed by atoms with Gasteiger partial charge in [-0.15, -0.1) is 11.3 Å². The summed E-state index contributed by atoms with van der Waals surface area (Å²) in [4.78, 5) is 2.58. The molecule has 1 aromatic carbocycles. The molecule has 102 valence electrons. The number of thiophene rings is 1. The zero-order chi connectivity index (χ0) is 14.3. The molecule has 0 aliphatic rings. The maximum Gasteiger partial charge on any atom is 0.0651 e. The summed E-state index contributed by atoms with van der Waals surface area (Å²) >= 11 is 1.80. The lowest BCUT2D eigenvalue weighted by Crippen LogP contribution is -2.16. The first-order chi connectivity index (χ1) is 8.84. The van der Waals surface area contributed by atoms with Crippen LogP contribution in [0, 0.1) is 41.5 Å². The van der Waals surface area contributed by atoms with Crippen molar-refractivity contribution in [3.63, 3.8) is 0 Å². The van der Waals surface area contributed by atoms with Crippen molar-refractivity contribution in [3.05, 3.63) is 55.3 Å². The molecule has 2 heteroatoms. The van der Waals surface area contributed by atoms with Crippen LogP contribution in [-0.4, -0.2) is 0 Å². The van der Waals surface area contributed by atoms with Gasteiger partial charge in [-0.3, -0.25) is 0 Å². The quantitative estimate of drug-likeness (QED) is 0.847. The Hall–Kier alpha value is -1.12. The average Bonchev–Trinajstić information content (AvgIpc) is 2.81. The molecule has 0 bridgehead atoms. The molecule has 0 aliphatic heterocycles. The van der Waals surface area contributed by atoms with Crippen LogP contribution in [0.5, 0.6) is 0 Å². The van der Waals surface area contributed by atoms with E-state index in [1.165, 1.54) is 43.1 Å². The largest absolute Gasteiger partial charge is 0.320 e. The van der Waals surface area contributed by atoms with Crippen LogP contribution in [0.2, 0.25) is 0 Å². The summed E-state index contributed by atoms with van der Waals surface area (Å²) in [6.07, 6.45) is 0. The highest BCUT2D eigenvalue weighted by Crippen LogP contribution is 2.34. The Bertz CT molecular complexity index is 593. The number of aryl methyl sites for hydroxylation is 1. The van der Waals surface area contributed by atoms with Crippen molar-refractivity contribution < 1.29 is 0 Å². The van der Waals surface area contributed by atoms with Crippen molar-refractivity contribution in [2.24, 2.45) is 5.73 Å². The fraction of sp³-hybridized carbons (Fsp3) is 0.412. The van der Waals surface area contributed by atoms with Gasteiger partial charge in [-0.1, -0.05) is 0 Å². The van der Waals surface area contributed by atoms with E-state index < -0.39 is 0 Å². The fourth-order valence-electron chi connectivity index (χ4n) is 2.76. The van der Waals surface area contributed by atoms with Crippen molar-refractivity contribution in [1.82, 2.24) is 0 Å². The van der Waals surface area contributed by atoms with Crippen molar-refractivity contribution in [2.75, 3.05) is 0 Å². The Morgan fingerprint density at radius 3 is 1.68 bits per heavy atom. The Labute approximate surface area is 120 Å². The maximum atomic E-state index is 6.53. The van der Waals surface area contributed by atoms with Crippen LogP contribution in [0.15, 0.2) is 12.1 Å². The van der Waals surface area contributed by atoms with E-state index in [1.807, 2.05) is 0 Å². The summed E-state index contributed by atoms with van der Waals surface area (Å²) in [6, 6.07) is 4.31. The topological polar surface area (TPSA) is 26.0 Å². The standard InChI is InChI=1S/C17H23NS/c1-9-7-8-15(19-9)17(18)16-13(5)11(3)10(2)12(4)14(16)6/h7-8,17H,18H2,1-6H3. The van der Waals surface area contributed by atoms with Gasteiger partial charge in [0.05, 0.1) is 6.04 Å². The van der Waals surface area contributed by atoms with Crippen LogP contribution in [0.4, 0.5) is 0 Å². The summed E-state index contributed by atoms with van der Waals surface area (Å²) in [5.41, 5.74) is 14.7. The highest BCUT2D eigenvalue weighted by atomic mass is 32.1. The first kappa shape index (κ1) is 14.3. The van der Waals surface area contributed by atoms with Crippen molar-refractivity contribution in [3.8, 4) is 0 Å². The minimum absolute atomic E-state index is 0.00306. The van der Waals surface area contributed by atoms with Crippen LogP contribution in [-0.2, 0) is 0 Å². The minimum atomic E-state index is -0.00306. The molecule has 2 N–H and O–H groups in total. The van der Waals surface area contributed by atoms with Gasteiger partial charge in [0.1, 0.15) is 0 Å². The smallest absolute Gasteiger partial charge is 0.0651 e. The Balaban J connectivity index is 2.63. The third-order valence-corrected chi connectivity index (χ3v) is 5.52. The van der Waals surface area contributed by atoms with E-state index in [1.54, 1.807) is 11.3 Å². The van der Waals surface area contributed by atoms with Gasteiger partial charge < -0.3 is 5.73 Å². The molecule has 0 amide bonds. The number of rotatable bonds is 2. The Kier molecular flexibility index (Phi) is 3.84. The second-order valence-electron chi connectivity index (χ2n) is 5.46. The lowest BCUT2D eigenvalue weighted by molar-refractivity contribution is 0.861. The van der Waals surface area contributed by atoms with Crippen molar-refractivity contribution >= 4 is 11.3 Å². The molecule has 0 saturated carbocycles. The molecule has 19 heavy (non-hydrogen) atoms. The Morgan fingerprint density at radius 1 is 0.789 bits per heavy atom. The lowest BCUT2D eigenvalue weighted by atomic mass is 9.86. The molecule has 0 spiro atoms. The van der Waals surface area contributed by atoms with E-state index >= 15 is 0 Å². The van der Waals surface area contributed by atoms with Gasteiger partial charge in [0.15, 0.2) is 0 Å². The van der Waals surface area contributed by atoms with Crippen molar-refractivity contribution in [1.29, 1.82) is 0 Å². The molecule has 1 unspecified atom stereocenters. The molecule has 2 rings (SSSR count). The SMILES string of the molecule is Cc1ccc(C(N)c2c(C)c(C)c(C)c(C)c2C)s1. The average molecular weight is 273 g/mol. The molecule has 0 aliphatic carbocycles. The number of hydrogen-bond donors (Lipinski definition) is 1. The predicted molar refractivity (Wildman–Crippen MR) is 85.2 cm³/mol. The minimum Gasteiger partial charge on any atom is -0.320 e. The fourth-order valence-corrected chi connectivity index (χ4v) is 3.65. The van der Waals surface area contributed by atoms with Crippen molar-refractivity contribution in [2.45, 2.75) is 47.6 Å². The molecule has 1 heterocycles. The summed E-state index contributed by atoms with van der Waals surface area (Å²) in [6.45, 7) is 13.1. The van der Waals surface area contributed by atoms with E-state index in [9.17, 15) is 0 Å². The van der Waals surface area contributed by atoms with Crippen LogP contribution < -0.4 is 5.73 Å². The first-order valence-corrected chi connectivity index (χ1v) is 7.55. The molecule has 2 aromatic rings. The molecular formula is C17H23NS.